The molecule has 200 valence electrons. The Morgan fingerprint density at radius 3 is 2.11 bits per heavy atom. The molecular weight excluding hydrogens is 635 g/mol. The molecule has 2 rings (SSSR count). The molecule has 9 nitrogen and oxygen atoms in total. The summed E-state index contributed by atoms with van der Waals surface area (Å²) in [5.74, 6) is -2.65. The third-order valence-corrected chi connectivity index (χ3v) is 6.02. The lowest BCUT2D eigenvalue weighted by molar-refractivity contribution is -0.141. The summed E-state index contributed by atoms with van der Waals surface area (Å²) in [5, 5.41) is -0.572. The van der Waals surface area contributed by atoms with Crippen LogP contribution in [0.5, 0.6) is 0 Å². The van der Waals surface area contributed by atoms with E-state index in [1.165, 1.54) is 25.9 Å². The second-order valence-electron chi connectivity index (χ2n) is 6.49. The van der Waals surface area contributed by atoms with Crippen molar-refractivity contribution in [1.82, 2.24) is 18.6 Å². The lowest BCUT2D eigenvalue weighted by Gasteiger charge is -2.21. The second kappa shape index (κ2) is 13.4. The van der Waals surface area contributed by atoms with E-state index in [1.54, 1.807) is 4.72 Å². The van der Waals surface area contributed by atoms with Gasteiger partial charge in [0, 0.05) is 19.2 Å². The Bertz CT molecular complexity index is 1230. The number of hydrogen-bond acceptors (Lipinski definition) is 5. The van der Waals surface area contributed by atoms with Gasteiger partial charge in [0.15, 0.2) is 0 Å². The number of nitrogens with zero attached hydrogens (tertiary/aromatic N) is 2. The van der Waals surface area contributed by atoms with Gasteiger partial charge in [0.05, 0.1) is 16.3 Å². The standard InChI is InChI=1S/C16H15ClF4N4O5S.C2H6.CH4.HI/c1-7(2)24(3)31(29,30)23-14(27)8-4-11(10(18)5-9(8)17)25-13(26)6-12(16(19,20)21)22-15(25)28;1-2;;/h4-7H,1-3H3,(H,22,28)(H,23,27);1-2H3;1H4;1H. The van der Waals surface area contributed by atoms with Crippen LogP contribution in [-0.4, -0.2) is 41.3 Å². The number of H-pyrrole nitrogens is 1. The van der Waals surface area contributed by atoms with Gasteiger partial charge in [-0.25, -0.2) is 18.5 Å². The smallest absolute Gasteiger partial charge is 0.303 e. The van der Waals surface area contributed by atoms with E-state index in [9.17, 15) is 40.4 Å². The lowest BCUT2D eigenvalue weighted by atomic mass is 10.1. The molecule has 0 aliphatic carbocycles. The first-order valence-electron chi connectivity index (χ1n) is 9.29. The van der Waals surface area contributed by atoms with E-state index in [4.69, 9.17) is 11.6 Å². The molecule has 0 radical (unpaired) electrons. The molecule has 0 saturated carbocycles. The van der Waals surface area contributed by atoms with Gasteiger partial charge in [0.2, 0.25) is 0 Å². The van der Waals surface area contributed by atoms with Gasteiger partial charge < -0.3 is 4.98 Å². The average molecular weight is 661 g/mol. The van der Waals surface area contributed by atoms with Crippen LogP contribution in [0.1, 0.15) is 51.2 Å². The summed E-state index contributed by atoms with van der Waals surface area (Å²) in [6.45, 7) is 7.05. The van der Waals surface area contributed by atoms with Crippen LogP contribution in [-0.2, 0) is 16.4 Å². The molecule has 1 amide bonds. The predicted molar refractivity (Wildman–Crippen MR) is 135 cm³/mol. The summed E-state index contributed by atoms with van der Waals surface area (Å²) in [6.07, 6.45) is -5.04. The Morgan fingerprint density at radius 2 is 1.69 bits per heavy atom. The molecule has 16 heteroatoms. The number of aromatic amines is 1. The van der Waals surface area contributed by atoms with Gasteiger partial charge in [0.25, 0.3) is 11.5 Å². The number of rotatable bonds is 5. The van der Waals surface area contributed by atoms with E-state index in [1.807, 2.05) is 13.8 Å². The summed E-state index contributed by atoms with van der Waals surface area (Å²) < 4.78 is 79.5. The SMILES string of the molecule is C.CC.CC(C)N(C)S(=O)(=O)NC(=O)c1cc(-n2c(=O)cc(C(F)(F)F)[nH]c2=O)c(F)cc1Cl.I. The molecule has 2 N–H and O–H groups in total. The molecule has 0 saturated heterocycles. The van der Waals surface area contributed by atoms with Crippen LogP contribution in [0.3, 0.4) is 0 Å². The molecule has 35 heavy (non-hydrogen) atoms. The van der Waals surface area contributed by atoms with Crippen molar-refractivity contribution in [2.75, 3.05) is 7.05 Å². The van der Waals surface area contributed by atoms with E-state index < -0.39 is 67.4 Å². The van der Waals surface area contributed by atoms with Crippen molar-refractivity contribution in [1.29, 1.82) is 0 Å². The maximum atomic E-state index is 14.4. The average Bonchev–Trinajstić information content (AvgIpc) is 2.68. The number of carbonyl (C=O) groups is 1. The minimum absolute atomic E-state index is 0. The Labute approximate surface area is 221 Å². The van der Waals surface area contributed by atoms with E-state index >= 15 is 0 Å². The van der Waals surface area contributed by atoms with Gasteiger partial charge in [-0.15, -0.1) is 24.0 Å². The minimum Gasteiger partial charge on any atom is -0.303 e. The van der Waals surface area contributed by atoms with Crippen molar-refractivity contribution >= 4 is 51.7 Å². The summed E-state index contributed by atoms with van der Waals surface area (Å²) in [5.41, 5.74) is -6.40. The molecule has 0 spiro atoms. The maximum Gasteiger partial charge on any atom is 0.431 e. The highest BCUT2D eigenvalue weighted by Crippen LogP contribution is 2.26. The zero-order valence-electron chi connectivity index (χ0n) is 18.5. The first-order valence-corrected chi connectivity index (χ1v) is 11.1. The summed E-state index contributed by atoms with van der Waals surface area (Å²) in [6, 6.07) is 0.571. The molecule has 0 aliphatic rings. The van der Waals surface area contributed by atoms with Crippen molar-refractivity contribution in [2.45, 2.75) is 47.3 Å². The van der Waals surface area contributed by atoms with Gasteiger partial charge >= 0.3 is 22.1 Å². The fourth-order valence-electron chi connectivity index (χ4n) is 2.28. The normalized spacial score (nSPS) is 11.2. The van der Waals surface area contributed by atoms with Crippen LogP contribution < -0.4 is 16.0 Å². The van der Waals surface area contributed by atoms with Gasteiger partial charge in [0.1, 0.15) is 11.5 Å². The van der Waals surface area contributed by atoms with Crippen LogP contribution >= 0.6 is 35.6 Å². The first kappa shape index (κ1) is 35.2. The van der Waals surface area contributed by atoms with Crippen LogP contribution in [0, 0.1) is 5.82 Å². The van der Waals surface area contributed by atoms with Gasteiger partial charge in [-0.1, -0.05) is 32.9 Å². The highest BCUT2D eigenvalue weighted by Gasteiger charge is 2.33. The second-order valence-corrected chi connectivity index (χ2v) is 8.63. The predicted octanol–water partition coefficient (Wildman–Crippen LogP) is 3.93. The number of benzene rings is 1. The summed E-state index contributed by atoms with van der Waals surface area (Å²) in [4.78, 5) is 37.9. The third-order valence-electron chi connectivity index (χ3n) is 4.09. The fraction of sp³-hybridized carbons (Fsp3) is 0.421. The van der Waals surface area contributed by atoms with Gasteiger partial charge in [-0.3, -0.25) is 9.59 Å². The molecular formula is C19H26ClF4IN4O5S. The monoisotopic (exact) mass is 660 g/mol. The zero-order valence-corrected chi connectivity index (χ0v) is 22.4. The molecule has 0 atom stereocenters. The topological polar surface area (TPSA) is 121 Å². The number of aromatic nitrogens is 2. The van der Waals surface area contributed by atoms with Crippen molar-refractivity contribution in [3.8, 4) is 5.69 Å². The number of hydrogen-bond donors (Lipinski definition) is 2. The molecule has 0 unspecified atom stereocenters. The maximum absolute atomic E-state index is 14.4. The number of nitrogens with one attached hydrogen (secondary N) is 2. The number of halogens is 6. The first-order chi connectivity index (χ1) is 15.1. The highest BCUT2D eigenvalue weighted by molar-refractivity contribution is 14.0. The largest absolute Gasteiger partial charge is 0.431 e. The van der Waals surface area contributed by atoms with E-state index in [0.29, 0.717) is 12.1 Å². The van der Waals surface area contributed by atoms with Gasteiger partial charge in [-0.05, 0) is 26.0 Å². The number of carbonyl (C=O) groups excluding carboxylic acids is 1. The molecule has 1 heterocycles. The molecule has 1 aromatic carbocycles. The zero-order chi connectivity index (χ0) is 25.9. The molecule has 2 aromatic rings. The molecule has 1 aromatic heterocycles. The number of alkyl halides is 3. The van der Waals surface area contributed by atoms with Crippen LogP contribution in [0.4, 0.5) is 17.6 Å². The summed E-state index contributed by atoms with van der Waals surface area (Å²) >= 11 is 5.79. The minimum atomic E-state index is -5.04. The Hall–Kier alpha value is -1.98. The number of amides is 1. The van der Waals surface area contributed by atoms with E-state index in [-0.39, 0.29) is 42.0 Å². The van der Waals surface area contributed by atoms with E-state index in [0.717, 1.165) is 4.31 Å². The van der Waals surface area contributed by atoms with Crippen molar-refractivity contribution in [2.24, 2.45) is 0 Å². The van der Waals surface area contributed by atoms with Crippen LogP contribution in [0.25, 0.3) is 5.69 Å². The molecule has 0 bridgehead atoms. The molecule has 0 aliphatic heterocycles. The van der Waals surface area contributed by atoms with Crippen molar-refractivity contribution in [3.05, 3.63) is 61.1 Å². The lowest BCUT2D eigenvalue weighted by Crippen LogP contribution is -2.44. The summed E-state index contributed by atoms with van der Waals surface area (Å²) in [7, 11) is -3.15. The quantitative estimate of drug-likeness (QED) is 0.372. The van der Waals surface area contributed by atoms with E-state index in [2.05, 4.69) is 0 Å². The van der Waals surface area contributed by atoms with Crippen molar-refractivity contribution in [3.63, 3.8) is 0 Å². The van der Waals surface area contributed by atoms with Crippen LogP contribution in [0.15, 0.2) is 27.8 Å². The third kappa shape index (κ3) is 8.28. The highest BCUT2D eigenvalue weighted by atomic mass is 127. The Kier molecular flexibility index (Phi) is 13.4. The van der Waals surface area contributed by atoms with Crippen molar-refractivity contribution < 1.29 is 30.8 Å². The van der Waals surface area contributed by atoms with Gasteiger partial charge in [-0.2, -0.15) is 25.9 Å². The Balaban J connectivity index is 0. The molecule has 0 fully saturated rings. The Morgan fingerprint density at radius 1 is 1.17 bits per heavy atom. The van der Waals surface area contributed by atoms with Crippen LogP contribution in [0.2, 0.25) is 5.02 Å². The fourth-order valence-corrected chi connectivity index (χ4v) is 3.56.